The number of hydrogen-bond donors (Lipinski definition) is 2. The maximum Gasteiger partial charge on any atom is 0.250 e. The minimum absolute atomic E-state index is 0.0190. The molecule has 0 fully saturated rings. The molecular formula is C12H10ClIN2O. The fraction of sp³-hybridized carbons (Fsp3) is 0.167. The lowest BCUT2D eigenvalue weighted by Gasteiger charge is -2.09. The number of carbonyl (C=O) groups is 1. The Kier molecular flexibility index (Phi) is 3.53. The number of hydrogen-bond acceptors (Lipinski definition) is 2. The van der Waals surface area contributed by atoms with E-state index in [1.54, 1.807) is 6.08 Å². The first kappa shape index (κ1) is 12.6. The molecule has 1 amide bonds. The maximum atomic E-state index is 11.1. The van der Waals surface area contributed by atoms with Gasteiger partial charge in [-0.1, -0.05) is 23.7 Å². The van der Waals surface area contributed by atoms with Crippen LogP contribution in [-0.2, 0) is 4.79 Å². The highest BCUT2D eigenvalue weighted by molar-refractivity contribution is 14.1. The van der Waals surface area contributed by atoms with E-state index >= 15 is 0 Å². The predicted molar refractivity (Wildman–Crippen MR) is 76.5 cm³/mol. The van der Waals surface area contributed by atoms with Crippen molar-refractivity contribution in [2.45, 2.75) is 12.3 Å². The first-order valence-corrected chi connectivity index (χ1v) is 6.49. The molecule has 88 valence electrons. The number of primary amides is 1. The molecule has 5 heteroatoms. The second-order valence-corrected chi connectivity index (χ2v) is 5.55. The molecule has 17 heavy (non-hydrogen) atoms. The molecule has 0 heterocycles. The molecule has 2 rings (SSSR count). The van der Waals surface area contributed by atoms with Gasteiger partial charge < -0.3 is 11.1 Å². The van der Waals surface area contributed by atoms with E-state index in [1.807, 2.05) is 18.2 Å². The van der Waals surface area contributed by atoms with Crippen LogP contribution < -0.4 is 5.73 Å². The zero-order valence-electron chi connectivity index (χ0n) is 8.84. The average molecular weight is 361 g/mol. The Morgan fingerprint density at radius 3 is 2.76 bits per heavy atom. The standard InChI is InChI=1S/C12H10ClIN2O/c13-10-5-7(14)1-2-8(10)6-3-9(12(16)17)11(15)4-6/h1-3,5-6,15H,4H2,(H2,16,17). The highest BCUT2D eigenvalue weighted by atomic mass is 127. The molecule has 1 unspecified atom stereocenters. The molecule has 3 N–H and O–H groups in total. The van der Waals surface area contributed by atoms with Crippen molar-refractivity contribution in [3.8, 4) is 0 Å². The summed E-state index contributed by atoms with van der Waals surface area (Å²) in [4.78, 5) is 11.1. The van der Waals surface area contributed by atoms with E-state index in [1.165, 1.54) is 0 Å². The molecule has 1 aromatic rings. The summed E-state index contributed by atoms with van der Waals surface area (Å²) >= 11 is 8.35. The van der Waals surface area contributed by atoms with Gasteiger partial charge in [-0.15, -0.1) is 0 Å². The lowest BCUT2D eigenvalue weighted by Crippen LogP contribution is -2.17. The Balaban J connectivity index is 2.37. The molecule has 0 spiro atoms. The Morgan fingerprint density at radius 2 is 2.24 bits per heavy atom. The van der Waals surface area contributed by atoms with Gasteiger partial charge in [-0.2, -0.15) is 0 Å². The second-order valence-electron chi connectivity index (χ2n) is 3.90. The minimum Gasteiger partial charge on any atom is -0.366 e. The van der Waals surface area contributed by atoms with E-state index in [2.05, 4.69) is 22.6 Å². The Bertz CT molecular complexity index is 539. The molecule has 3 nitrogen and oxygen atoms in total. The van der Waals surface area contributed by atoms with Crippen molar-refractivity contribution in [1.29, 1.82) is 5.41 Å². The molecule has 0 aromatic heterocycles. The fourth-order valence-corrected chi connectivity index (χ4v) is 2.92. The van der Waals surface area contributed by atoms with E-state index in [9.17, 15) is 4.79 Å². The summed E-state index contributed by atoms with van der Waals surface area (Å²) in [7, 11) is 0. The maximum absolute atomic E-state index is 11.1. The van der Waals surface area contributed by atoms with Gasteiger partial charge in [0.25, 0.3) is 0 Å². The third-order valence-corrected chi connectivity index (χ3v) is 3.74. The third-order valence-electron chi connectivity index (χ3n) is 2.74. The first-order valence-electron chi connectivity index (χ1n) is 5.03. The SMILES string of the molecule is N=C1CC(c2ccc(I)cc2Cl)C=C1C(N)=O. The molecule has 1 aliphatic rings. The van der Waals surface area contributed by atoms with Gasteiger partial charge in [-0.25, -0.2) is 0 Å². The van der Waals surface area contributed by atoms with Crippen molar-refractivity contribution < 1.29 is 4.79 Å². The van der Waals surface area contributed by atoms with Crippen LogP contribution in [-0.4, -0.2) is 11.6 Å². The lowest BCUT2D eigenvalue weighted by molar-refractivity contribution is -0.114. The van der Waals surface area contributed by atoms with E-state index in [0.29, 0.717) is 17.0 Å². The molecule has 1 aliphatic carbocycles. The summed E-state index contributed by atoms with van der Waals surface area (Å²) in [5.74, 6) is -0.561. The van der Waals surface area contributed by atoms with Gasteiger partial charge in [0.1, 0.15) is 0 Å². The van der Waals surface area contributed by atoms with Crippen molar-refractivity contribution >= 4 is 45.8 Å². The van der Waals surface area contributed by atoms with Crippen molar-refractivity contribution in [1.82, 2.24) is 0 Å². The number of halogens is 2. The van der Waals surface area contributed by atoms with E-state index in [-0.39, 0.29) is 11.6 Å². The quantitative estimate of drug-likeness (QED) is 0.783. The van der Waals surface area contributed by atoms with Crippen molar-refractivity contribution in [3.05, 3.63) is 44.0 Å². The van der Waals surface area contributed by atoms with Crippen LogP contribution in [0.4, 0.5) is 0 Å². The summed E-state index contributed by atoms with van der Waals surface area (Å²) in [5.41, 5.74) is 6.75. The number of nitrogens with one attached hydrogen (secondary N) is 1. The summed E-state index contributed by atoms with van der Waals surface area (Å²) in [6.45, 7) is 0. The van der Waals surface area contributed by atoms with Crippen LogP contribution in [0.15, 0.2) is 29.8 Å². The van der Waals surface area contributed by atoms with E-state index in [4.69, 9.17) is 22.7 Å². The van der Waals surface area contributed by atoms with Crippen molar-refractivity contribution in [2.24, 2.45) is 5.73 Å². The van der Waals surface area contributed by atoms with Crippen LogP contribution in [0.1, 0.15) is 17.9 Å². The minimum atomic E-state index is -0.542. The second kappa shape index (κ2) is 4.78. The largest absolute Gasteiger partial charge is 0.366 e. The van der Waals surface area contributed by atoms with Gasteiger partial charge in [0.2, 0.25) is 5.91 Å². The topological polar surface area (TPSA) is 66.9 Å². The van der Waals surface area contributed by atoms with Gasteiger partial charge >= 0.3 is 0 Å². The fourth-order valence-electron chi connectivity index (χ4n) is 1.92. The third kappa shape index (κ3) is 2.52. The van der Waals surface area contributed by atoms with Gasteiger partial charge in [-0.05, 0) is 40.3 Å². The monoisotopic (exact) mass is 360 g/mol. The number of rotatable bonds is 2. The zero-order valence-corrected chi connectivity index (χ0v) is 11.7. The highest BCUT2D eigenvalue weighted by Crippen LogP contribution is 2.35. The normalized spacial score (nSPS) is 19.3. The average Bonchev–Trinajstić information content (AvgIpc) is 2.60. The van der Waals surface area contributed by atoms with Gasteiger partial charge in [0, 0.05) is 26.6 Å². The van der Waals surface area contributed by atoms with Crippen LogP contribution in [0.2, 0.25) is 5.02 Å². The highest BCUT2D eigenvalue weighted by Gasteiger charge is 2.26. The number of amides is 1. The summed E-state index contributed by atoms with van der Waals surface area (Å²) in [5, 5.41) is 8.38. The van der Waals surface area contributed by atoms with Gasteiger partial charge in [-0.3, -0.25) is 4.79 Å². The molecule has 1 aromatic carbocycles. The molecule has 1 atom stereocenters. The molecule has 0 bridgehead atoms. The van der Waals surface area contributed by atoms with Crippen LogP contribution in [0, 0.1) is 8.98 Å². The summed E-state index contributed by atoms with van der Waals surface area (Å²) in [6, 6.07) is 5.77. The Labute approximate surface area is 118 Å². The summed E-state index contributed by atoms with van der Waals surface area (Å²) < 4.78 is 1.06. The Morgan fingerprint density at radius 1 is 1.53 bits per heavy atom. The number of allylic oxidation sites excluding steroid dienone is 1. The van der Waals surface area contributed by atoms with Crippen molar-refractivity contribution in [3.63, 3.8) is 0 Å². The molecule has 0 saturated carbocycles. The van der Waals surface area contributed by atoms with Crippen LogP contribution in [0.25, 0.3) is 0 Å². The van der Waals surface area contributed by atoms with Crippen LogP contribution in [0.3, 0.4) is 0 Å². The molecular weight excluding hydrogens is 351 g/mol. The van der Waals surface area contributed by atoms with E-state index < -0.39 is 5.91 Å². The Hall–Kier alpha value is -0.880. The van der Waals surface area contributed by atoms with Gasteiger partial charge in [0.05, 0.1) is 5.57 Å². The van der Waals surface area contributed by atoms with E-state index in [0.717, 1.165) is 9.13 Å². The predicted octanol–water partition coefficient (Wildman–Crippen LogP) is 2.86. The first-order chi connectivity index (χ1) is 7.99. The van der Waals surface area contributed by atoms with Gasteiger partial charge in [0.15, 0.2) is 0 Å². The molecule has 0 saturated heterocycles. The van der Waals surface area contributed by atoms with Crippen LogP contribution in [0.5, 0.6) is 0 Å². The molecule has 0 radical (unpaired) electrons. The smallest absolute Gasteiger partial charge is 0.250 e. The number of benzene rings is 1. The lowest BCUT2D eigenvalue weighted by atomic mass is 9.98. The van der Waals surface area contributed by atoms with Crippen molar-refractivity contribution in [2.75, 3.05) is 0 Å². The van der Waals surface area contributed by atoms with Crippen LogP contribution >= 0.6 is 34.2 Å². The zero-order chi connectivity index (χ0) is 12.6. The number of nitrogens with two attached hydrogens (primary N) is 1. The number of carbonyl (C=O) groups excluding carboxylic acids is 1. The summed E-state index contributed by atoms with van der Waals surface area (Å²) in [6.07, 6.45) is 2.22. The molecule has 0 aliphatic heterocycles.